The molecule has 0 atom stereocenters. The fraction of sp³-hybridized carbons (Fsp3) is 0.875. The molecule has 0 fully saturated rings. The van der Waals surface area contributed by atoms with Crippen LogP contribution < -0.4 is 0 Å². The molecule has 0 spiro atoms. The lowest BCUT2D eigenvalue weighted by molar-refractivity contribution is 0.493. The van der Waals surface area contributed by atoms with Crippen molar-refractivity contribution in [3.8, 4) is 0 Å². The molecular weight excluding hydrogens is 172 g/mol. The molecule has 0 aromatic heterocycles. The lowest BCUT2D eigenvalue weighted by Crippen LogP contribution is -2.41. The van der Waals surface area contributed by atoms with E-state index in [1.807, 2.05) is 6.92 Å². The number of hydrogen-bond donors (Lipinski definition) is 0. The molecule has 0 aliphatic rings. The van der Waals surface area contributed by atoms with Crippen molar-refractivity contribution in [1.82, 2.24) is 0 Å². The maximum atomic E-state index is 5.67. The standard InChI is InChI=1S/C8H18OSSi/c1-7(10)9-11(5,6)8(2,3)4/h1-6H3. The third-order valence-corrected chi connectivity index (χ3v) is 6.87. The molecule has 0 rings (SSSR count). The molecule has 0 aliphatic carbocycles. The van der Waals surface area contributed by atoms with E-state index in [9.17, 15) is 0 Å². The van der Waals surface area contributed by atoms with Crippen molar-refractivity contribution in [3.63, 3.8) is 0 Å². The summed E-state index contributed by atoms with van der Waals surface area (Å²) in [4.78, 5) is 0. The van der Waals surface area contributed by atoms with E-state index < -0.39 is 8.32 Å². The summed E-state index contributed by atoms with van der Waals surface area (Å²) in [6.45, 7) is 12.9. The fourth-order valence-electron chi connectivity index (χ4n) is 0.512. The van der Waals surface area contributed by atoms with E-state index in [4.69, 9.17) is 16.6 Å². The first-order valence-electron chi connectivity index (χ1n) is 3.86. The van der Waals surface area contributed by atoms with Crippen molar-refractivity contribution >= 4 is 25.6 Å². The predicted octanol–water partition coefficient (Wildman–Crippen LogP) is 3.36. The third-order valence-electron chi connectivity index (χ3n) is 2.21. The van der Waals surface area contributed by atoms with Gasteiger partial charge in [-0.05, 0) is 30.4 Å². The average molecular weight is 190 g/mol. The Kier molecular flexibility index (Phi) is 3.26. The molecule has 66 valence electrons. The molecule has 0 amide bonds. The molecule has 11 heavy (non-hydrogen) atoms. The van der Waals surface area contributed by atoms with Gasteiger partial charge in [-0.3, -0.25) is 0 Å². The predicted molar refractivity (Wildman–Crippen MR) is 56.6 cm³/mol. The summed E-state index contributed by atoms with van der Waals surface area (Å²) in [5, 5.41) is 0.934. The fourth-order valence-corrected chi connectivity index (χ4v) is 2.16. The van der Waals surface area contributed by atoms with E-state index in [1.54, 1.807) is 0 Å². The molecule has 0 unspecified atom stereocenters. The van der Waals surface area contributed by atoms with Gasteiger partial charge in [-0.25, -0.2) is 0 Å². The zero-order valence-corrected chi connectivity index (χ0v) is 10.1. The zero-order valence-electron chi connectivity index (χ0n) is 8.32. The van der Waals surface area contributed by atoms with E-state index in [0.717, 1.165) is 0 Å². The van der Waals surface area contributed by atoms with Gasteiger partial charge in [-0.2, -0.15) is 0 Å². The molecule has 0 saturated heterocycles. The summed E-state index contributed by atoms with van der Waals surface area (Å²) in [6, 6.07) is 0. The lowest BCUT2D eigenvalue weighted by Gasteiger charge is -2.35. The lowest BCUT2D eigenvalue weighted by atomic mass is 10.2. The van der Waals surface area contributed by atoms with Crippen LogP contribution in [-0.4, -0.2) is 13.4 Å². The Balaban J connectivity index is 4.34. The normalized spacial score (nSPS) is 12.9. The van der Waals surface area contributed by atoms with E-state index in [1.165, 1.54) is 0 Å². The van der Waals surface area contributed by atoms with Gasteiger partial charge in [0, 0.05) is 6.92 Å². The van der Waals surface area contributed by atoms with Crippen molar-refractivity contribution in [1.29, 1.82) is 0 Å². The van der Waals surface area contributed by atoms with Gasteiger partial charge in [0.25, 0.3) is 8.32 Å². The summed E-state index contributed by atoms with van der Waals surface area (Å²) >= 11 is 4.93. The molecule has 0 aromatic carbocycles. The maximum absolute atomic E-state index is 5.67. The summed E-state index contributed by atoms with van der Waals surface area (Å²) in [6.07, 6.45) is 0. The van der Waals surface area contributed by atoms with Crippen LogP contribution in [-0.2, 0) is 4.43 Å². The number of thiocarbonyl (C=S) groups is 1. The second-order valence-electron chi connectivity index (χ2n) is 4.35. The van der Waals surface area contributed by atoms with E-state index >= 15 is 0 Å². The molecular formula is C8H18OSSi. The average Bonchev–Trinajstić information content (AvgIpc) is 1.56. The first kappa shape index (κ1) is 11.1. The number of rotatable bonds is 1. The van der Waals surface area contributed by atoms with Crippen LogP contribution in [0.1, 0.15) is 27.7 Å². The van der Waals surface area contributed by atoms with Crippen molar-refractivity contribution in [2.45, 2.75) is 45.8 Å². The van der Waals surface area contributed by atoms with Gasteiger partial charge in [0.15, 0.2) is 0 Å². The summed E-state index contributed by atoms with van der Waals surface area (Å²) in [5.41, 5.74) is 0. The first-order valence-corrected chi connectivity index (χ1v) is 7.18. The number of hydrogen-bond acceptors (Lipinski definition) is 2. The first-order chi connectivity index (χ1) is 4.67. The van der Waals surface area contributed by atoms with Crippen molar-refractivity contribution < 1.29 is 4.43 Å². The highest BCUT2D eigenvalue weighted by Crippen LogP contribution is 2.36. The van der Waals surface area contributed by atoms with Crippen LogP contribution in [0.4, 0.5) is 0 Å². The SMILES string of the molecule is CC(=S)O[Si](C)(C)C(C)(C)C. The summed E-state index contributed by atoms with van der Waals surface area (Å²) in [5.74, 6) is 0. The molecule has 0 N–H and O–H groups in total. The van der Waals surface area contributed by atoms with Crippen LogP contribution in [0.3, 0.4) is 0 Å². The Hall–Kier alpha value is 0.107. The minimum atomic E-state index is -1.61. The highest BCUT2D eigenvalue weighted by molar-refractivity contribution is 7.80. The monoisotopic (exact) mass is 190 g/mol. The summed E-state index contributed by atoms with van der Waals surface area (Å²) < 4.78 is 5.67. The largest absolute Gasteiger partial charge is 0.539 e. The second-order valence-corrected chi connectivity index (χ2v) is 9.65. The van der Waals surface area contributed by atoms with Crippen molar-refractivity contribution in [2.24, 2.45) is 0 Å². The van der Waals surface area contributed by atoms with Gasteiger partial charge in [0.2, 0.25) is 0 Å². The van der Waals surface area contributed by atoms with Crippen LogP contribution >= 0.6 is 12.2 Å². The highest BCUT2D eigenvalue weighted by atomic mass is 32.1. The minimum absolute atomic E-state index is 0.257. The van der Waals surface area contributed by atoms with Gasteiger partial charge in [-0.15, -0.1) is 0 Å². The van der Waals surface area contributed by atoms with Gasteiger partial charge < -0.3 is 4.43 Å². The van der Waals surface area contributed by atoms with E-state index in [2.05, 4.69) is 33.9 Å². The van der Waals surface area contributed by atoms with Crippen LogP contribution in [0, 0.1) is 0 Å². The smallest absolute Gasteiger partial charge is 0.251 e. The van der Waals surface area contributed by atoms with E-state index in [0.29, 0.717) is 5.05 Å². The molecule has 0 bridgehead atoms. The molecule has 0 aromatic rings. The molecule has 0 aliphatic heterocycles. The third kappa shape index (κ3) is 3.34. The van der Waals surface area contributed by atoms with Crippen LogP contribution in [0.2, 0.25) is 18.1 Å². The Labute approximate surface area is 76.3 Å². The van der Waals surface area contributed by atoms with Crippen molar-refractivity contribution in [3.05, 3.63) is 0 Å². The summed E-state index contributed by atoms with van der Waals surface area (Å²) in [7, 11) is -1.61. The minimum Gasteiger partial charge on any atom is -0.539 e. The molecule has 1 nitrogen and oxygen atoms in total. The zero-order chi connectivity index (χ0) is 9.28. The van der Waals surface area contributed by atoms with Gasteiger partial charge in [-0.1, -0.05) is 20.8 Å². The molecule has 0 heterocycles. The van der Waals surface area contributed by atoms with Crippen LogP contribution in [0.15, 0.2) is 0 Å². The Bertz CT molecular complexity index is 158. The van der Waals surface area contributed by atoms with Gasteiger partial charge in [0.05, 0.1) is 0 Å². The quantitative estimate of drug-likeness (QED) is 0.463. The Morgan fingerprint density at radius 1 is 1.27 bits per heavy atom. The van der Waals surface area contributed by atoms with Crippen molar-refractivity contribution in [2.75, 3.05) is 0 Å². The Morgan fingerprint density at radius 2 is 1.64 bits per heavy atom. The van der Waals surface area contributed by atoms with E-state index in [-0.39, 0.29) is 5.04 Å². The van der Waals surface area contributed by atoms with Crippen LogP contribution in [0.25, 0.3) is 0 Å². The topological polar surface area (TPSA) is 9.23 Å². The van der Waals surface area contributed by atoms with Gasteiger partial charge in [0.1, 0.15) is 5.05 Å². The molecule has 0 radical (unpaired) electrons. The van der Waals surface area contributed by atoms with Crippen LogP contribution in [0.5, 0.6) is 0 Å². The van der Waals surface area contributed by atoms with Gasteiger partial charge >= 0.3 is 0 Å². The second kappa shape index (κ2) is 3.23. The molecule has 0 saturated carbocycles. The Morgan fingerprint density at radius 3 is 1.73 bits per heavy atom. The molecule has 3 heteroatoms. The maximum Gasteiger partial charge on any atom is 0.251 e. The highest BCUT2D eigenvalue weighted by Gasteiger charge is 2.38.